The van der Waals surface area contributed by atoms with Crippen LogP contribution in [0.3, 0.4) is 0 Å². The number of carboxylic acids is 2. The number of thioether (sulfide) groups is 1. The molecule has 0 saturated heterocycles. The molecule has 0 amide bonds. The number of para-hydroxylation sites is 2. The Hall–Kier alpha value is -0.0200. The summed E-state index contributed by atoms with van der Waals surface area (Å²) in [6.45, 7) is 0. The molecule has 1 unspecified atom stereocenters. The smallest absolute Gasteiger partial charge is 0.550 e. The molecule has 0 N–H and O–H groups in total. The normalized spacial score (nSPS) is 11.2. The first-order valence-corrected chi connectivity index (χ1v) is 6.44. The molecule has 1 aromatic heterocycles. The van der Waals surface area contributed by atoms with E-state index in [0.29, 0.717) is 16.3 Å². The van der Waals surface area contributed by atoms with Crippen molar-refractivity contribution in [3.05, 3.63) is 24.3 Å². The predicted molar refractivity (Wildman–Crippen MR) is 62.9 cm³/mol. The van der Waals surface area contributed by atoms with Crippen LogP contribution in [0.2, 0.25) is 0 Å². The van der Waals surface area contributed by atoms with Crippen molar-refractivity contribution in [2.24, 2.45) is 5.92 Å². The van der Waals surface area contributed by atoms with Crippen molar-refractivity contribution in [3.8, 4) is 0 Å². The molecule has 0 spiro atoms. The number of nitrogens with zero attached hydrogens (tertiary/aromatic N) is 1. The fourth-order valence-electron chi connectivity index (χ4n) is 1.50. The summed E-state index contributed by atoms with van der Waals surface area (Å²) in [7, 11) is 0. The van der Waals surface area contributed by atoms with Gasteiger partial charge in [-0.2, -0.15) is 0 Å². The fourth-order valence-corrected chi connectivity index (χ4v) is 2.41. The van der Waals surface area contributed by atoms with Gasteiger partial charge in [-0.1, -0.05) is 23.9 Å². The number of fused-ring (bicyclic) bond motifs is 1. The molecule has 21 heavy (non-hydrogen) atoms. The molecule has 0 radical (unpaired) electrons. The molecule has 0 fully saturated rings. The number of rotatable bonds is 6. The molecular weight excluding hydrogens is 316 g/mol. The van der Waals surface area contributed by atoms with E-state index in [2.05, 4.69) is 4.98 Å². The van der Waals surface area contributed by atoms with Gasteiger partial charge in [0.05, 0.1) is 0 Å². The van der Waals surface area contributed by atoms with Crippen molar-refractivity contribution in [2.75, 3.05) is 5.75 Å². The standard InChI is InChI=1S/C12H11NO5S.2Na/c14-10(15)5-7(11(16)17)6-19-12-13-8-3-1-2-4-9(8)18-12;;/h1-4,7H,5-6H2,(H,14,15)(H,16,17);;/q;2*+1/p-2. The van der Waals surface area contributed by atoms with Gasteiger partial charge in [0.15, 0.2) is 5.58 Å². The Morgan fingerprint density at radius 2 is 1.90 bits per heavy atom. The van der Waals surface area contributed by atoms with Crippen LogP contribution >= 0.6 is 11.8 Å². The number of carbonyl (C=O) groups is 2. The second-order valence-electron chi connectivity index (χ2n) is 3.85. The number of hydrogen-bond acceptors (Lipinski definition) is 7. The first kappa shape index (κ1) is 21.0. The van der Waals surface area contributed by atoms with E-state index >= 15 is 0 Å². The molecule has 100 valence electrons. The molecule has 0 bridgehead atoms. The zero-order valence-electron chi connectivity index (χ0n) is 11.7. The summed E-state index contributed by atoms with van der Waals surface area (Å²) in [5.41, 5.74) is 1.25. The number of aromatic nitrogens is 1. The van der Waals surface area contributed by atoms with Crippen molar-refractivity contribution in [1.82, 2.24) is 4.98 Å². The Kier molecular flexibility index (Phi) is 9.88. The molecule has 9 heteroatoms. The number of hydrogen-bond donors (Lipinski definition) is 0. The largest absolute Gasteiger partial charge is 1.00 e. The first-order valence-electron chi connectivity index (χ1n) is 5.45. The Morgan fingerprint density at radius 3 is 2.48 bits per heavy atom. The van der Waals surface area contributed by atoms with E-state index in [0.717, 1.165) is 11.8 Å². The van der Waals surface area contributed by atoms with Crippen LogP contribution in [0.5, 0.6) is 0 Å². The van der Waals surface area contributed by atoms with E-state index in [1.807, 2.05) is 0 Å². The predicted octanol–water partition coefficient (Wildman–Crippen LogP) is -6.57. The average Bonchev–Trinajstić information content (AvgIpc) is 2.76. The molecule has 2 rings (SSSR count). The zero-order chi connectivity index (χ0) is 13.8. The van der Waals surface area contributed by atoms with Crippen LogP contribution in [0.25, 0.3) is 11.1 Å². The van der Waals surface area contributed by atoms with Gasteiger partial charge in [-0.3, -0.25) is 0 Å². The summed E-state index contributed by atoms with van der Waals surface area (Å²) < 4.78 is 5.38. The molecule has 6 nitrogen and oxygen atoms in total. The van der Waals surface area contributed by atoms with Gasteiger partial charge >= 0.3 is 59.1 Å². The zero-order valence-corrected chi connectivity index (χ0v) is 16.5. The van der Waals surface area contributed by atoms with Gasteiger partial charge in [0.2, 0.25) is 0 Å². The Bertz CT molecular complexity index is 585. The summed E-state index contributed by atoms with van der Waals surface area (Å²) in [5.74, 6) is -3.98. The number of carbonyl (C=O) groups excluding carboxylic acids is 2. The molecule has 1 aromatic carbocycles. The average molecular weight is 325 g/mol. The van der Waals surface area contributed by atoms with Crippen molar-refractivity contribution in [2.45, 2.75) is 11.6 Å². The van der Waals surface area contributed by atoms with Crippen LogP contribution in [-0.2, 0) is 9.59 Å². The van der Waals surface area contributed by atoms with Crippen LogP contribution in [0.15, 0.2) is 33.9 Å². The molecule has 1 heterocycles. The van der Waals surface area contributed by atoms with Crippen LogP contribution in [0.1, 0.15) is 6.42 Å². The van der Waals surface area contributed by atoms with Gasteiger partial charge in [0.1, 0.15) is 5.52 Å². The van der Waals surface area contributed by atoms with E-state index in [1.165, 1.54) is 0 Å². The van der Waals surface area contributed by atoms with E-state index in [4.69, 9.17) is 4.42 Å². The minimum atomic E-state index is -1.42. The maximum absolute atomic E-state index is 10.8. The van der Waals surface area contributed by atoms with Crippen molar-refractivity contribution in [1.29, 1.82) is 0 Å². The van der Waals surface area contributed by atoms with E-state index < -0.39 is 24.3 Å². The molecule has 0 saturated carbocycles. The van der Waals surface area contributed by atoms with Crippen LogP contribution in [0.4, 0.5) is 0 Å². The first-order chi connectivity index (χ1) is 9.06. The van der Waals surface area contributed by atoms with Gasteiger partial charge in [0.25, 0.3) is 5.22 Å². The van der Waals surface area contributed by atoms with Crippen LogP contribution in [-0.4, -0.2) is 22.7 Å². The monoisotopic (exact) mass is 325 g/mol. The maximum Gasteiger partial charge on any atom is 1.00 e. The third-order valence-corrected chi connectivity index (χ3v) is 3.42. The van der Waals surface area contributed by atoms with Gasteiger partial charge in [-0.05, 0) is 18.6 Å². The van der Waals surface area contributed by atoms with Crippen molar-refractivity contribution >= 4 is 34.8 Å². The summed E-state index contributed by atoms with van der Waals surface area (Å²) in [5, 5.41) is 21.5. The molecule has 0 aliphatic heterocycles. The van der Waals surface area contributed by atoms with Crippen LogP contribution in [0, 0.1) is 5.92 Å². The van der Waals surface area contributed by atoms with Gasteiger partial charge in [-0.25, -0.2) is 4.98 Å². The maximum atomic E-state index is 10.8. The summed E-state index contributed by atoms with van der Waals surface area (Å²) >= 11 is 1.03. The van der Waals surface area contributed by atoms with E-state index in [9.17, 15) is 19.8 Å². The SMILES string of the molecule is O=C([O-])CC(CSc1nc2ccccc2o1)C(=O)[O-].[Na+].[Na+]. The molecule has 0 aliphatic rings. The third-order valence-electron chi connectivity index (χ3n) is 2.43. The molecule has 1 atom stereocenters. The van der Waals surface area contributed by atoms with Gasteiger partial charge in [0, 0.05) is 23.6 Å². The Balaban J connectivity index is 0.00000200. The van der Waals surface area contributed by atoms with Gasteiger partial charge in [-0.15, -0.1) is 0 Å². The minimum Gasteiger partial charge on any atom is -0.550 e. The number of carboxylic acid groups (broad SMARTS) is 2. The Morgan fingerprint density at radius 1 is 1.24 bits per heavy atom. The fraction of sp³-hybridized carbons (Fsp3) is 0.250. The summed E-state index contributed by atoms with van der Waals surface area (Å²) in [4.78, 5) is 25.3. The quantitative estimate of drug-likeness (QED) is 0.384. The van der Waals surface area contributed by atoms with E-state index in [1.54, 1.807) is 24.3 Å². The third kappa shape index (κ3) is 6.32. The molecule has 2 aromatic rings. The second-order valence-corrected chi connectivity index (χ2v) is 4.82. The van der Waals surface area contributed by atoms with E-state index in [-0.39, 0.29) is 64.9 Å². The topological polar surface area (TPSA) is 106 Å². The molecular formula is C12H9NNa2O5S. The van der Waals surface area contributed by atoms with Crippen molar-refractivity contribution in [3.63, 3.8) is 0 Å². The second kappa shape index (κ2) is 9.89. The van der Waals surface area contributed by atoms with Crippen LogP contribution < -0.4 is 69.3 Å². The summed E-state index contributed by atoms with van der Waals surface area (Å²) in [6.07, 6.45) is -0.588. The number of oxazole rings is 1. The Labute approximate surface area is 169 Å². The van der Waals surface area contributed by atoms with Gasteiger partial charge < -0.3 is 24.2 Å². The molecule has 0 aliphatic carbocycles. The summed E-state index contributed by atoms with van der Waals surface area (Å²) in [6, 6.07) is 7.10. The van der Waals surface area contributed by atoms with Crippen molar-refractivity contribution < 1.29 is 83.3 Å². The minimum absolute atomic E-state index is 0. The number of aliphatic carboxylic acids is 2. The number of benzene rings is 1.